The van der Waals surface area contributed by atoms with Gasteiger partial charge in [-0.05, 0) is 17.7 Å². The minimum Gasteiger partial charge on any atom is -0.495 e. The maximum Gasteiger partial charge on any atom is 0.221 e. The predicted molar refractivity (Wildman–Crippen MR) is 100 cm³/mol. The van der Waals surface area contributed by atoms with E-state index in [2.05, 4.69) is 10.3 Å². The van der Waals surface area contributed by atoms with Gasteiger partial charge in [0, 0.05) is 20.0 Å². The fourth-order valence-electron chi connectivity index (χ4n) is 2.21. The Kier molecular flexibility index (Phi) is 8.10. The number of morpholine rings is 1. The third kappa shape index (κ3) is 5.87. The molecule has 1 fully saturated rings. The van der Waals surface area contributed by atoms with E-state index in [1.807, 2.05) is 17.0 Å². The molecule has 0 aromatic heterocycles. The molecule has 0 spiro atoms. The molecule has 2 rings (SSSR count). The van der Waals surface area contributed by atoms with Crippen molar-refractivity contribution >= 4 is 41.5 Å². The molecule has 3 N–H and O–H groups in total. The first-order chi connectivity index (χ1) is 10.6. The van der Waals surface area contributed by atoms with Crippen LogP contribution in [0.15, 0.2) is 23.2 Å². The molecule has 23 heavy (non-hydrogen) atoms. The van der Waals surface area contributed by atoms with Crippen molar-refractivity contribution in [3.63, 3.8) is 0 Å². The average Bonchev–Trinajstić information content (AvgIpc) is 2.53. The van der Waals surface area contributed by atoms with Crippen molar-refractivity contribution < 1.29 is 14.3 Å². The second kappa shape index (κ2) is 9.56. The molecule has 7 nitrogen and oxygen atoms in total. The van der Waals surface area contributed by atoms with Crippen molar-refractivity contribution in [3.05, 3.63) is 23.8 Å². The summed E-state index contributed by atoms with van der Waals surface area (Å²) in [6.45, 7) is 4.77. The van der Waals surface area contributed by atoms with E-state index in [9.17, 15) is 4.79 Å². The fraction of sp³-hybridized carbons (Fsp3) is 0.467. The number of aliphatic imine (C=N–C) groups is 1. The molecule has 1 heterocycles. The van der Waals surface area contributed by atoms with Crippen molar-refractivity contribution in [1.82, 2.24) is 4.90 Å². The number of nitrogens with one attached hydrogen (secondary N) is 1. The summed E-state index contributed by atoms with van der Waals surface area (Å²) in [6, 6.07) is 5.55. The van der Waals surface area contributed by atoms with Gasteiger partial charge >= 0.3 is 0 Å². The van der Waals surface area contributed by atoms with Crippen LogP contribution in [0.4, 0.5) is 5.69 Å². The molecule has 1 aliphatic rings. The summed E-state index contributed by atoms with van der Waals surface area (Å²) in [5.74, 6) is 0.982. The third-order valence-electron chi connectivity index (χ3n) is 3.33. The SMILES string of the molecule is COc1ccc(CN=C(N)N2CCOCC2)cc1NC(C)=O.I. The van der Waals surface area contributed by atoms with Gasteiger partial charge in [-0.25, -0.2) is 4.99 Å². The number of nitrogens with zero attached hydrogens (tertiary/aromatic N) is 2. The first kappa shape index (κ1) is 19.5. The molecule has 1 amide bonds. The zero-order chi connectivity index (χ0) is 15.9. The van der Waals surface area contributed by atoms with Gasteiger partial charge in [-0.15, -0.1) is 24.0 Å². The van der Waals surface area contributed by atoms with Crippen molar-refractivity contribution in [1.29, 1.82) is 0 Å². The molecule has 0 radical (unpaired) electrons. The van der Waals surface area contributed by atoms with Crippen LogP contribution in [-0.2, 0) is 16.1 Å². The highest BCUT2D eigenvalue weighted by Gasteiger charge is 2.12. The number of amides is 1. The van der Waals surface area contributed by atoms with E-state index in [0.717, 1.165) is 18.7 Å². The van der Waals surface area contributed by atoms with Gasteiger partial charge in [-0.1, -0.05) is 6.07 Å². The van der Waals surface area contributed by atoms with E-state index in [1.54, 1.807) is 13.2 Å². The van der Waals surface area contributed by atoms with Gasteiger partial charge < -0.3 is 25.4 Å². The summed E-state index contributed by atoms with van der Waals surface area (Å²) >= 11 is 0. The molecule has 1 saturated heterocycles. The Balaban J connectivity index is 0.00000264. The number of methoxy groups -OCH3 is 1. The second-order valence-electron chi connectivity index (χ2n) is 4.99. The van der Waals surface area contributed by atoms with Gasteiger partial charge in [-0.2, -0.15) is 0 Å². The van der Waals surface area contributed by atoms with Gasteiger partial charge in [0.25, 0.3) is 0 Å². The lowest BCUT2D eigenvalue weighted by Gasteiger charge is -2.27. The van der Waals surface area contributed by atoms with Crippen LogP contribution < -0.4 is 15.8 Å². The second-order valence-corrected chi connectivity index (χ2v) is 4.99. The quantitative estimate of drug-likeness (QED) is 0.425. The number of hydrogen-bond acceptors (Lipinski definition) is 4. The predicted octanol–water partition coefficient (Wildman–Crippen LogP) is 1.42. The molecular formula is C15H23IN4O3. The fourth-order valence-corrected chi connectivity index (χ4v) is 2.21. The topological polar surface area (TPSA) is 89.2 Å². The number of hydrogen-bond donors (Lipinski definition) is 2. The maximum absolute atomic E-state index is 11.2. The van der Waals surface area contributed by atoms with Crippen LogP contribution in [0.1, 0.15) is 12.5 Å². The third-order valence-corrected chi connectivity index (χ3v) is 3.33. The number of ether oxygens (including phenoxy) is 2. The normalized spacial score (nSPS) is 14.9. The van der Waals surface area contributed by atoms with Crippen LogP contribution >= 0.6 is 24.0 Å². The molecule has 8 heteroatoms. The highest BCUT2D eigenvalue weighted by molar-refractivity contribution is 14.0. The van der Waals surface area contributed by atoms with Crippen molar-refractivity contribution in [2.24, 2.45) is 10.7 Å². The van der Waals surface area contributed by atoms with E-state index in [4.69, 9.17) is 15.2 Å². The Bertz CT molecular complexity index is 560. The molecule has 1 aliphatic heterocycles. The highest BCUT2D eigenvalue weighted by Crippen LogP contribution is 2.25. The number of guanidine groups is 1. The Morgan fingerprint density at radius 2 is 2.13 bits per heavy atom. The number of halogens is 1. The van der Waals surface area contributed by atoms with Crippen LogP contribution in [0.25, 0.3) is 0 Å². The maximum atomic E-state index is 11.2. The van der Waals surface area contributed by atoms with E-state index in [0.29, 0.717) is 37.2 Å². The highest BCUT2D eigenvalue weighted by atomic mass is 127. The number of carbonyl (C=O) groups excluding carboxylic acids is 1. The Labute approximate surface area is 153 Å². The summed E-state index contributed by atoms with van der Waals surface area (Å²) < 4.78 is 10.5. The van der Waals surface area contributed by atoms with Crippen LogP contribution in [0, 0.1) is 0 Å². The molecule has 0 saturated carbocycles. The van der Waals surface area contributed by atoms with Crippen LogP contribution in [0.3, 0.4) is 0 Å². The first-order valence-electron chi connectivity index (χ1n) is 7.17. The standard InChI is InChI=1S/C15H22N4O3.HI/c1-11(20)18-13-9-12(3-4-14(13)21-2)10-17-15(16)19-5-7-22-8-6-19;/h3-4,9H,5-8,10H2,1-2H3,(H2,16,17)(H,18,20);1H. The summed E-state index contributed by atoms with van der Waals surface area (Å²) in [4.78, 5) is 17.6. The monoisotopic (exact) mass is 434 g/mol. The van der Waals surface area contributed by atoms with Crippen molar-refractivity contribution in [2.45, 2.75) is 13.5 Å². The summed E-state index contributed by atoms with van der Waals surface area (Å²) in [6.07, 6.45) is 0. The summed E-state index contributed by atoms with van der Waals surface area (Å²) in [7, 11) is 1.56. The number of rotatable bonds is 4. The Morgan fingerprint density at radius 3 is 2.74 bits per heavy atom. The molecule has 1 aromatic rings. The number of benzene rings is 1. The zero-order valence-corrected chi connectivity index (χ0v) is 15.7. The van der Waals surface area contributed by atoms with E-state index < -0.39 is 0 Å². The van der Waals surface area contributed by atoms with E-state index >= 15 is 0 Å². The molecule has 0 bridgehead atoms. The van der Waals surface area contributed by atoms with E-state index in [-0.39, 0.29) is 29.9 Å². The molecule has 1 aromatic carbocycles. The van der Waals surface area contributed by atoms with Gasteiger partial charge in [0.05, 0.1) is 32.6 Å². The Hall–Kier alpha value is -1.55. The largest absolute Gasteiger partial charge is 0.495 e. The lowest BCUT2D eigenvalue weighted by molar-refractivity contribution is -0.114. The van der Waals surface area contributed by atoms with Gasteiger partial charge in [-0.3, -0.25) is 4.79 Å². The van der Waals surface area contributed by atoms with Gasteiger partial charge in [0.2, 0.25) is 5.91 Å². The van der Waals surface area contributed by atoms with Crippen LogP contribution in [0.5, 0.6) is 5.75 Å². The van der Waals surface area contributed by atoms with Crippen LogP contribution in [0.2, 0.25) is 0 Å². The minimum atomic E-state index is -0.146. The molecule has 128 valence electrons. The summed E-state index contributed by atoms with van der Waals surface area (Å²) in [5.41, 5.74) is 7.57. The summed E-state index contributed by atoms with van der Waals surface area (Å²) in [5, 5.41) is 2.75. The van der Waals surface area contributed by atoms with Gasteiger partial charge in [0.15, 0.2) is 5.96 Å². The molecule has 0 atom stereocenters. The lowest BCUT2D eigenvalue weighted by atomic mass is 10.2. The number of nitrogens with two attached hydrogens (primary N) is 1. The van der Waals surface area contributed by atoms with Crippen molar-refractivity contribution in [3.8, 4) is 5.75 Å². The number of carbonyl (C=O) groups is 1. The molecule has 0 unspecified atom stereocenters. The Morgan fingerprint density at radius 1 is 1.43 bits per heavy atom. The van der Waals surface area contributed by atoms with Gasteiger partial charge in [0.1, 0.15) is 5.75 Å². The van der Waals surface area contributed by atoms with Crippen molar-refractivity contribution in [2.75, 3.05) is 38.7 Å². The number of anilines is 1. The van der Waals surface area contributed by atoms with E-state index in [1.165, 1.54) is 6.92 Å². The lowest BCUT2D eigenvalue weighted by Crippen LogP contribution is -2.44. The molecular weight excluding hydrogens is 411 g/mol. The minimum absolute atomic E-state index is 0. The smallest absolute Gasteiger partial charge is 0.221 e. The van der Waals surface area contributed by atoms with Crippen LogP contribution in [-0.4, -0.2) is 50.2 Å². The average molecular weight is 434 g/mol. The molecule has 0 aliphatic carbocycles. The zero-order valence-electron chi connectivity index (χ0n) is 13.4. The first-order valence-corrected chi connectivity index (χ1v) is 7.17.